The number of para-hydroxylation sites is 1. The number of amides is 2. The van der Waals surface area contributed by atoms with E-state index in [9.17, 15) is 14.7 Å². The van der Waals surface area contributed by atoms with Gasteiger partial charge in [0.25, 0.3) is 0 Å². The lowest BCUT2D eigenvalue weighted by atomic mass is 9.79. The van der Waals surface area contributed by atoms with Crippen LogP contribution in [0.15, 0.2) is 42.7 Å². The molecule has 2 aromatic heterocycles. The molecule has 0 bridgehead atoms. The van der Waals surface area contributed by atoms with Gasteiger partial charge in [0.05, 0.1) is 36.6 Å². The summed E-state index contributed by atoms with van der Waals surface area (Å²) in [6.45, 7) is 4.61. The highest BCUT2D eigenvalue weighted by atomic mass is 16.5. The zero-order chi connectivity index (χ0) is 25.3. The molecule has 2 aliphatic rings. The Labute approximate surface area is 210 Å². The highest BCUT2D eigenvalue weighted by molar-refractivity contribution is 6.10. The van der Waals surface area contributed by atoms with Crippen LogP contribution >= 0.6 is 0 Å². The number of hydrogen-bond donors (Lipinski definition) is 2. The van der Waals surface area contributed by atoms with Crippen molar-refractivity contribution in [1.82, 2.24) is 20.1 Å². The summed E-state index contributed by atoms with van der Waals surface area (Å²) in [5.74, 6) is 0.499. The Hall–Kier alpha value is -3.46. The first-order chi connectivity index (χ1) is 17.4. The van der Waals surface area contributed by atoms with Gasteiger partial charge in [0.1, 0.15) is 12.3 Å². The van der Waals surface area contributed by atoms with Crippen molar-refractivity contribution in [2.75, 3.05) is 24.6 Å². The summed E-state index contributed by atoms with van der Waals surface area (Å²) < 4.78 is 6.24. The molecule has 9 nitrogen and oxygen atoms in total. The first-order valence-electron chi connectivity index (χ1n) is 12.7. The number of ether oxygens (including phenoxy) is 1. The standard InChI is InChI=1S/C27H33N5O4/c1-3-20(36-21-13-18-14-29-30-25(18)28-15-21)10-11-27(2)22-8-4-5-9-23(22)32(26(27)35)16-24(34)31-12-6-7-19(31)17-33/h4-5,8-9,13-15,19-20,33H,3,6-7,10-12,16-17H2,1-2H3,(H,28,29,30)/t19?,20?,27-/m0/s1. The molecule has 2 amide bonds. The van der Waals surface area contributed by atoms with Gasteiger partial charge in [0, 0.05) is 17.6 Å². The third-order valence-electron chi connectivity index (χ3n) is 7.70. The van der Waals surface area contributed by atoms with Crippen molar-refractivity contribution in [2.24, 2.45) is 0 Å². The zero-order valence-corrected chi connectivity index (χ0v) is 20.8. The number of hydrogen-bond acceptors (Lipinski definition) is 6. The van der Waals surface area contributed by atoms with Gasteiger partial charge in [-0.3, -0.25) is 14.7 Å². The summed E-state index contributed by atoms with van der Waals surface area (Å²) in [7, 11) is 0. The summed E-state index contributed by atoms with van der Waals surface area (Å²) in [5.41, 5.74) is 1.70. The minimum Gasteiger partial charge on any atom is -0.489 e. The summed E-state index contributed by atoms with van der Waals surface area (Å²) in [5, 5.41) is 17.4. The SMILES string of the molecule is CCC(CC[C@]1(C)C(=O)N(CC(=O)N2CCCC2CO)c2ccccc21)Oc1cnc2[nH]ncc2c1. The van der Waals surface area contributed by atoms with Gasteiger partial charge < -0.3 is 19.6 Å². The molecule has 2 unspecified atom stereocenters. The molecule has 0 radical (unpaired) electrons. The first kappa shape index (κ1) is 24.2. The molecular weight excluding hydrogens is 458 g/mol. The third kappa shape index (κ3) is 4.32. The van der Waals surface area contributed by atoms with E-state index in [4.69, 9.17) is 4.74 Å². The van der Waals surface area contributed by atoms with E-state index in [2.05, 4.69) is 22.1 Å². The topological polar surface area (TPSA) is 112 Å². The number of aromatic amines is 1. The van der Waals surface area contributed by atoms with Gasteiger partial charge >= 0.3 is 0 Å². The van der Waals surface area contributed by atoms with E-state index in [1.165, 1.54) is 0 Å². The second kappa shape index (κ2) is 9.89. The van der Waals surface area contributed by atoms with Gasteiger partial charge in [-0.15, -0.1) is 0 Å². The third-order valence-corrected chi connectivity index (χ3v) is 7.70. The number of carbonyl (C=O) groups excluding carboxylic acids is 2. The minimum atomic E-state index is -0.748. The number of carbonyl (C=O) groups is 2. The van der Waals surface area contributed by atoms with Crippen LogP contribution in [0.4, 0.5) is 5.69 Å². The van der Waals surface area contributed by atoms with Crippen LogP contribution in [0.3, 0.4) is 0 Å². The van der Waals surface area contributed by atoms with Gasteiger partial charge in [-0.2, -0.15) is 5.10 Å². The number of nitrogens with zero attached hydrogens (tertiary/aromatic N) is 4. The van der Waals surface area contributed by atoms with Gasteiger partial charge in [-0.1, -0.05) is 25.1 Å². The maximum Gasteiger partial charge on any atom is 0.242 e. The van der Waals surface area contributed by atoms with Crippen molar-refractivity contribution in [2.45, 2.75) is 63.5 Å². The van der Waals surface area contributed by atoms with E-state index in [0.29, 0.717) is 30.8 Å². The molecule has 36 heavy (non-hydrogen) atoms. The fourth-order valence-electron chi connectivity index (χ4n) is 5.55. The molecule has 0 aliphatic carbocycles. The predicted molar refractivity (Wildman–Crippen MR) is 136 cm³/mol. The van der Waals surface area contributed by atoms with E-state index in [1.807, 2.05) is 37.3 Å². The minimum absolute atomic E-state index is 0.00791. The summed E-state index contributed by atoms with van der Waals surface area (Å²) >= 11 is 0. The summed E-state index contributed by atoms with van der Waals surface area (Å²) in [4.78, 5) is 34.6. The maximum absolute atomic E-state index is 13.8. The van der Waals surface area contributed by atoms with Crippen LogP contribution in [0.1, 0.15) is 51.5 Å². The molecule has 3 aromatic rings. The molecule has 4 heterocycles. The Balaban J connectivity index is 1.31. The Bertz CT molecular complexity index is 1260. The first-order valence-corrected chi connectivity index (χ1v) is 12.7. The number of likely N-dealkylation sites (tertiary alicyclic amines) is 1. The number of nitrogens with one attached hydrogen (secondary N) is 1. The maximum atomic E-state index is 13.8. The number of aromatic nitrogens is 3. The fourth-order valence-corrected chi connectivity index (χ4v) is 5.55. The average Bonchev–Trinajstić information content (AvgIpc) is 3.61. The molecule has 190 valence electrons. The molecular formula is C27H33N5O4. The number of fused-ring (bicyclic) bond motifs is 2. The van der Waals surface area contributed by atoms with Crippen LogP contribution in [0.25, 0.3) is 11.0 Å². The average molecular weight is 492 g/mol. The lowest BCUT2D eigenvalue weighted by molar-refractivity contribution is -0.133. The van der Waals surface area contributed by atoms with Crippen LogP contribution in [-0.4, -0.2) is 68.8 Å². The zero-order valence-electron chi connectivity index (χ0n) is 20.8. The Morgan fingerprint density at radius 3 is 2.97 bits per heavy atom. The second-order valence-corrected chi connectivity index (χ2v) is 9.97. The lowest BCUT2D eigenvalue weighted by Gasteiger charge is -2.28. The molecule has 1 saturated heterocycles. The highest BCUT2D eigenvalue weighted by Gasteiger charge is 2.48. The molecule has 0 spiro atoms. The summed E-state index contributed by atoms with van der Waals surface area (Å²) in [6.07, 6.45) is 7.05. The van der Waals surface area contributed by atoms with Crippen LogP contribution in [0, 0.1) is 0 Å². The normalized spacial score (nSPS) is 22.3. The highest BCUT2D eigenvalue weighted by Crippen LogP contribution is 2.45. The number of benzene rings is 1. The molecule has 5 rings (SSSR count). The molecule has 3 atom stereocenters. The molecule has 9 heteroatoms. The van der Waals surface area contributed by atoms with Gasteiger partial charge in [0.15, 0.2) is 5.65 Å². The number of aliphatic hydroxyl groups is 1. The second-order valence-electron chi connectivity index (χ2n) is 9.97. The molecule has 2 N–H and O–H groups in total. The molecule has 1 aromatic carbocycles. The number of aliphatic hydroxyl groups excluding tert-OH is 1. The van der Waals surface area contributed by atoms with Crippen LogP contribution in [0.5, 0.6) is 5.75 Å². The number of anilines is 1. The molecule has 1 fully saturated rings. The van der Waals surface area contributed by atoms with E-state index in [1.54, 1.807) is 22.2 Å². The van der Waals surface area contributed by atoms with E-state index in [-0.39, 0.29) is 37.1 Å². The van der Waals surface area contributed by atoms with Crippen LogP contribution in [0.2, 0.25) is 0 Å². The molecule has 0 saturated carbocycles. The van der Waals surface area contributed by atoms with E-state index < -0.39 is 5.41 Å². The quantitative estimate of drug-likeness (QED) is 0.476. The lowest BCUT2D eigenvalue weighted by Crippen LogP contribution is -2.47. The van der Waals surface area contributed by atoms with Crippen molar-refractivity contribution in [3.8, 4) is 5.75 Å². The van der Waals surface area contributed by atoms with Crippen molar-refractivity contribution in [3.05, 3.63) is 48.3 Å². The number of rotatable bonds is 9. The van der Waals surface area contributed by atoms with Crippen molar-refractivity contribution >= 4 is 28.5 Å². The Kier molecular flexibility index (Phi) is 6.66. The van der Waals surface area contributed by atoms with Crippen LogP contribution < -0.4 is 9.64 Å². The van der Waals surface area contributed by atoms with Crippen molar-refractivity contribution in [3.63, 3.8) is 0 Å². The van der Waals surface area contributed by atoms with Crippen molar-refractivity contribution in [1.29, 1.82) is 0 Å². The van der Waals surface area contributed by atoms with Gasteiger partial charge in [-0.05, 0) is 56.7 Å². The van der Waals surface area contributed by atoms with Crippen molar-refractivity contribution < 1.29 is 19.4 Å². The van der Waals surface area contributed by atoms with E-state index in [0.717, 1.165) is 35.9 Å². The van der Waals surface area contributed by atoms with E-state index >= 15 is 0 Å². The number of H-pyrrole nitrogens is 1. The molecule has 2 aliphatic heterocycles. The summed E-state index contributed by atoms with van der Waals surface area (Å²) in [6, 6.07) is 9.50. The monoisotopic (exact) mass is 491 g/mol. The Morgan fingerprint density at radius 1 is 1.33 bits per heavy atom. The van der Waals surface area contributed by atoms with Gasteiger partial charge in [0.2, 0.25) is 11.8 Å². The largest absolute Gasteiger partial charge is 0.489 e. The van der Waals surface area contributed by atoms with Crippen LogP contribution in [-0.2, 0) is 15.0 Å². The fraction of sp³-hybridized carbons (Fsp3) is 0.481. The predicted octanol–water partition coefficient (Wildman–Crippen LogP) is 3.18. The number of pyridine rings is 1. The van der Waals surface area contributed by atoms with Gasteiger partial charge in [-0.25, -0.2) is 4.98 Å². The Morgan fingerprint density at radius 2 is 2.17 bits per heavy atom. The smallest absolute Gasteiger partial charge is 0.242 e.